The minimum atomic E-state index is -1.34. The van der Waals surface area contributed by atoms with Crippen molar-refractivity contribution in [1.82, 2.24) is 0 Å². The summed E-state index contributed by atoms with van der Waals surface area (Å²) in [6, 6.07) is 17.3. The highest BCUT2D eigenvalue weighted by atomic mass is 19.2. The molecule has 7 heteroatoms. The van der Waals surface area contributed by atoms with Crippen molar-refractivity contribution in [2.24, 2.45) is 0 Å². The second-order valence-corrected chi connectivity index (χ2v) is 7.70. The van der Waals surface area contributed by atoms with E-state index < -0.39 is 34.8 Å². The number of hydrogen-bond donors (Lipinski definition) is 0. The van der Waals surface area contributed by atoms with Crippen molar-refractivity contribution in [3.8, 4) is 33.8 Å². The van der Waals surface area contributed by atoms with E-state index in [1.54, 1.807) is 37.3 Å². The Balaban J connectivity index is 1.53. The maximum Gasteiger partial charge on any atom is 0.346 e. The monoisotopic (exact) mass is 492 g/mol. The van der Waals surface area contributed by atoms with Crippen LogP contribution in [0.3, 0.4) is 0 Å². The average Bonchev–Trinajstić information content (AvgIpc) is 2.89. The Morgan fingerprint density at radius 1 is 0.750 bits per heavy atom. The van der Waals surface area contributed by atoms with Crippen LogP contribution in [0, 0.1) is 23.3 Å². The standard InChI is InChI=1S/C29H20F4O3/c1-3-17-5-7-18(8-6-17)21-13-14-23(27(32)25(21)30)29(34)36-20-11-9-19(10-12-20)22-15-16-24(35-4-2)28(33)26(22)31/h3,5-16H,1,4H2,2H3. The summed E-state index contributed by atoms with van der Waals surface area (Å²) in [5.74, 6) is -6.00. The molecule has 0 amide bonds. The fourth-order valence-electron chi connectivity index (χ4n) is 3.62. The summed E-state index contributed by atoms with van der Waals surface area (Å²) in [6.07, 6.45) is 1.62. The van der Waals surface area contributed by atoms with Crippen molar-refractivity contribution < 1.29 is 31.8 Å². The summed E-state index contributed by atoms with van der Waals surface area (Å²) in [7, 11) is 0. The molecule has 0 unspecified atom stereocenters. The summed E-state index contributed by atoms with van der Waals surface area (Å²) in [6.45, 7) is 5.49. The van der Waals surface area contributed by atoms with E-state index in [0.717, 1.165) is 11.6 Å². The molecule has 0 aromatic heterocycles. The Morgan fingerprint density at radius 2 is 1.31 bits per heavy atom. The summed E-state index contributed by atoms with van der Waals surface area (Å²) in [5.41, 5.74) is 0.972. The average molecular weight is 492 g/mol. The van der Waals surface area contributed by atoms with Crippen LogP contribution in [0.15, 0.2) is 79.4 Å². The summed E-state index contributed by atoms with van der Waals surface area (Å²) in [5, 5.41) is 0. The van der Waals surface area contributed by atoms with Gasteiger partial charge in [-0.2, -0.15) is 4.39 Å². The molecular weight excluding hydrogens is 472 g/mol. The van der Waals surface area contributed by atoms with Crippen molar-refractivity contribution in [2.45, 2.75) is 6.92 Å². The van der Waals surface area contributed by atoms with E-state index in [1.807, 2.05) is 0 Å². The van der Waals surface area contributed by atoms with Gasteiger partial charge in [0.1, 0.15) is 5.75 Å². The van der Waals surface area contributed by atoms with Crippen LogP contribution < -0.4 is 9.47 Å². The lowest BCUT2D eigenvalue weighted by molar-refractivity contribution is 0.0728. The molecule has 0 saturated heterocycles. The van der Waals surface area contributed by atoms with Gasteiger partial charge in [0.05, 0.1) is 12.2 Å². The summed E-state index contributed by atoms with van der Waals surface area (Å²) in [4.78, 5) is 12.5. The van der Waals surface area contributed by atoms with Crippen molar-refractivity contribution in [2.75, 3.05) is 6.61 Å². The number of esters is 1. The van der Waals surface area contributed by atoms with Crippen LogP contribution in [0.2, 0.25) is 0 Å². The van der Waals surface area contributed by atoms with Crippen LogP contribution in [-0.2, 0) is 0 Å². The lowest BCUT2D eigenvalue weighted by Crippen LogP contribution is -2.12. The quantitative estimate of drug-likeness (QED) is 0.150. The summed E-state index contributed by atoms with van der Waals surface area (Å²) < 4.78 is 68.3. The Kier molecular flexibility index (Phi) is 7.20. The van der Waals surface area contributed by atoms with E-state index >= 15 is 0 Å². The van der Waals surface area contributed by atoms with Gasteiger partial charge in [0, 0.05) is 11.1 Å². The predicted molar refractivity (Wildman–Crippen MR) is 130 cm³/mol. The summed E-state index contributed by atoms with van der Waals surface area (Å²) >= 11 is 0. The van der Waals surface area contributed by atoms with Gasteiger partial charge in [0.25, 0.3) is 0 Å². The van der Waals surface area contributed by atoms with Crippen LogP contribution in [-0.4, -0.2) is 12.6 Å². The highest BCUT2D eigenvalue weighted by Crippen LogP contribution is 2.32. The van der Waals surface area contributed by atoms with Crippen molar-refractivity contribution in [1.29, 1.82) is 0 Å². The molecule has 36 heavy (non-hydrogen) atoms. The molecule has 0 bridgehead atoms. The van der Waals surface area contributed by atoms with Gasteiger partial charge < -0.3 is 9.47 Å². The van der Waals surface area contributed by atoms with Crippen molar-refractivity contribution >= 4 is 12.0 Å². The molecule has 0 saturated carbocycles. The fraction of sp³-hybridized carbons (Fsp3) is 0.0690. The Labute approximate surface area is 205 Å². The molecule has 0 fully saturated rings. The molecule has 4 rings (SSSR count). The number of carbonyl (C=O) groups is 1. The zero-order valence-electron chi connectivity index (χ0n) is 19.2. The maximum atomic E-state index is 14.7. The first-order valence-electron chi connectivity index (χ1n) is 11.0. The second kappa shape index (κ2) is 10.5. The molecular formula is C29H20F4O3. The van der Waals surface area contributed by atoms with Crippen LogP contribution in [0.5, 0.6) is 11.5 Å². The molecule has 0 spiro atoms. The third kappa shape index (κ3) is 4.86. The highest BCUT2D eigenvalue weighted by Gasteiger charge is 2.21. The first kappa shape index (κ1) is 24.7. The lowest BCUT2D eigenvalue weighted by Gasteiger charge is -2.11. The van der Waals surface area contributed by atoms with E-state index in [1.165, 1.54) is 42.5 Å². The van der Waals surface area contributed by atoms with Gasteiger partial charge in [-0.1, -0.05) is 55.1 Å². The largest absolute Gasteiger partial charge is 0.491 e. The highest BCUT2D eigenvalue weighted by molar-refractivity contribution is 5.92. The van der Waals surface area contributed by atoms with Crippen LogP contribution in [0.1, 0.15) is 22.8 Å². The molecule has 182 valence electrons. The maximum absolute atomic E-state index is 14.7. The van der Waals surface area contributed by atoms with E-state index in [9.17, 15) is 22.4 Å². The van der Waals surface area contributed by atoms with Gasteiger partial charge in [-0.25, -0.2) is 18.0 Å². The van der Waals surface area contributed by atoms with E-state index in [-0.39, 0.29) is 29.2 Å². The van der Waals surface area contributed by atoms with E-state index in [2.05, 4.69) is 6.58 Å². The normalized spacial score (nSPS) is 10.7. The van der Waals surface area contributed by atoms with Crippen molar-refractivity contribution in [3.05, 3.63) is 114 Å². The molecule has 0 atom stereocenters. The number of carbonyl (C=O) groups excluding carboxylic acids is 1. The van der Waals surface area contributed by atoms with Crippen LogP contribution in [0.4, 0.5) is 17.6 Å². The van der Waals surface area contributed by atoms with Gasteiger partial charge in [0.2, 0.25) is 5.82 Å². The van der Waals surface area contributed by atoms with E-state index in [4.69, 9.17) is 9.47 Å². The molecule has 4 aromatic carbocycles. The SMILES string of the molecule is C=Cc1ccc(-c2ccc(C(=O)Oc3ccc(-c4ccc(OCC)c(F)c4F)cc3)c(F)c2F)cc1. The van der Waals surface area contributed by atoms with Gasteiger partial charge >= 0.3 is 5.97 Å². The number of hydrogen-bond acceptors (Lipinski definition) is 3. The number of ether oxygens (including phenoxy) is 2. The first-order chi connectivity index (χ1) is 17.3. The third-order valence-corrected chi connectivity index (χ3v) is 5.48. The predicted octanol–water partition coefficient (Wildman–Crippen LogP) is 7.84. The molecule has 0 heterocycles. The molecule has 3 nitrogen and oxygen atoms in total. The first-order valence-corrected chi connectivity index (χ1v) is 11.0. The smallest absolute Gasteiger partial charge is 0.346 e. The topological polar surface area (TPSA) is 35.5 Å². The Bertz CT molecular complexity index is 1430. The third-order valence-electron chi connectivity index (χ3n) is 5.48. The molecule has 4 aromatic rings. The van der Waals surface area contributed by atoms with E-state index in [0.29, 0.717) is 11.1 Å². The van der Waals surface area contributed by atoms with Crippen LogP contribution >= 0.6 is 0 Å². The van der Waals surface area contributed by atoms with Crippen molar-refractivity contribution in [3.63, 3.8) is 0 Å². The molecule has 0 aliphatic carbocycles. The minimum Gasteiger partial charge on any atom is -0.491 e. The molecule has 0 radical (unpaired) electrons. The molecule has 0 aliphatic heterocycles. The molecule has 0 aliphatic rings. The van der Waals surface area contributed by atoms with Gasteiger partial charge in [0.15, 0.2) is 23.2 Å². The zero-order chi connectivity index (χ0) is 25.8. The minimum absolute atomic E-state index is 0.00590. The van der Waals surface area contributed by atoms with Gasteiger partial charge in [-0.3, -0.25) is 0 Å². The van der Waals surface area contributed by atoms with Gasteiger partial charge in [-0.05, 0) is 53.9 Å². The Morgan fingerprint density at radius 3 is 1.89 bits per heavy atom. The second-order valence-electron chi connectivity index (χ2n) is 7.70. The molecule has 0 N–H and O–H groups in total. The number of rotatable bonds is 7. The lowest BCUT2D eigenvalue weighted by atomic mass is 10.0. The number of halogens is 4. The zero-order valence-corrected chi connectivity index (χ0v) is 19.2. The Hall–Kier alpha value is -4.39. The van der Waals surface area contributed by atoms with Gasteiger partial charge in [-0.15, -0.1) is 0 Å². The number of benzene rings is 4. The van der Waals surface area contributed by atoms with Crippen LogP contribution in [0.25, 0.3) is 28.3 Å². The fourth-order valence-corrected chi connectivity index (χ4v) is 3.62.